The van der Waals surface area contributed by atoms with Gasteiger partial charge in [0.2, 0.25) is 0 Å². The molecule has 1 aliphatic heterocycles. The molecule has 1 aliphatic rings. The third-order valence-corrected chi connectivity index (χ3v) is 4.80. The molecule has 1 aromatic heterocycles. The molecule has 2 N–H and O–H groups in total. The third kappa shape index (κ3) is 5.07. The Balaban J connectivity index is 1.39. The summed E-state index contributed by atoms with van der Waals surface area (Å²) in [4.78, 5) is 15.3. The molecule has 0 bridgehead atoms. The van der Waals surface area contributed by atoms with Gasteiger partial charge < -0.3 is 24.1 Å². The van der Waals surface area contributed by atoms with E-state index in [1.807, 2.05) is 24.3 Å². The molecule has 0 unspecified atom stereocenters. The van der Waals surface area contributed by atoms with Crippen molar-refractivity contribution in [1.82, 2.24) is 4.90 Å². The number of aliphatic hydroxyl groups is 1. The van der Waals surface area contributed by atoms with E-state index in [4.69, 9.17) is 9.15 Å². The lowest BCUT2D eigenvalue weighted by Gasteiger charge is -2.32. The molecular formula is C18H22BrN2O4+. The minimum atomic E-state index is -0.536. The molecule has 25 heavy (non-hydrogen) atoms. The Morgan fingerprint density at radius 3 is 2.64 bits per heavy atom. The minimum Gasteiger partial charge on any atom is -0.491 e. The molecule has 134 valence electrons. The number of hydrogen-bond donors (Lipinski definition) is 2. The summed E-state index contributed by atoms with van der Waals surface area (Å²) in [5.41, 5.74) is 0. The standard InChI is InChI=1S/C18H21BrN2O4/c19-14-3-5-16(6-4-14)25-13-15(22)12-20-7-9-21(10-8-20)18(23)17-2-1-11-24-17/h1-6,11,15,22H,7-10,12-13H2/p+1/t15-/m1/s1. The summed E-state index contributed by atoms with van der Waals surface area (Å²) in [6.07, 6.45) is 0.974. The summed E-state index contributed by atoms with van der Waals surface area (Å²) < 4.78 is 11.8. The first kappa shape index (κ1) is 18.0. The van der Waals surface area contributed by atoms with Gasteiger partial charge in [-0.3, -0.25) is 4.79 Å². The number of nitrogens with zero attached hydrogens (tertiary/aromatic N) is 1. The number of rotatable bonds is 6. The minimum absolute atomic E-state index is 0.0665. The number of carbonyl (C=O) groups excluding carboxylic acids is 1. The van der Waals surface area contributed by atoms with Gasteiger partial charge in [0.15, 0.2) is 5.76 Å². The van der Waals surface area contributed by atoms with E-state index in [1.165, 1.54) is 11.2 Å². The van der Waals surface area contributed by atoms with Crippen LogP contribution < -0.4 is 9.64 Å². The lowest BCUT2D eigenvalue weighted by Crippen LogP contribution is -3.16. The average molecular weight is 410 g/mol. The molecule has 0 aliphatic carbocycles. The Labute approximate surface area is 155 Å². The number of amides is 1. The molecule has 3 rings (SSSR count). The molecule has 1 saturated heterocycles. The largest absolute Gasteiger partial charge is 0.491 e. The van der Waals surface area contributed by atoms with Crippen molar-refractivity contribution in [3.8, 4) is 5.75 Å². The molecule has 7 heteroatoms. The highest BCUT2D eigenvalue weighted by atomic mass is 79.9. The summed E-state index contributed by atoms with van der Waals surface area (Å²) in [7, 11) is 0. The van der Waals surface area contributed by atoms with Crippen LogP contribution in [-0.2, 0) is 0 Å². The number of halogens is 1. The lowest BCUT2D eigenvalue weighted by atomic mass is 10.2. The lowest BCUT2D eigenvalue weighted by molar-refractivity contribution is -0.907. The molecule has 0 spiro atoms. The summed E-state index contributed by atoms with van der Waals surface area (Å²) in [6.45, 7) is 3.81. The Hall–Kier alpha value is -1.83. The molecule has 6 nitrogen and oxygen atoms in total. The van der Waals surface area contributed by atoms with E-state index in [-0.39, 0.29) is 12.5 Å². The van der Waals surface area contributed by atoms with Crippen molar-refractivity contribution in [2.24, 2.45) is 0 Å². The molecule has 0 saturated carbocycles. The maximum atomic E-state index is 12.2. The molecule has 0 radical (unpaired) electrons. The quantitative estimate of drug-likeness (QED) is 0.741. The average Bonchev–Trinajstić information content (AvgIpc) is 3.16. The van der Waals surface area contributed by atoms with Crippen molar-refractivity contribution in [2.75, 3.05) is 39.3 Å². The Morgan fingerprint density at radius 2 is 2.00 bits per heavy atom. The van der Waals surface area contributed by atoms with Crippen LogP contribution in [0.4, 0.5) is 0 Å². The SMILES string of the molecule is O=C(c1ccco1)N1CC[NH+](C[C@@H](O)COc2ccc(Br)cc2)CC1. The van der Waals surface area contributed by atoms with E-state index in [1.54, 1.807) is 17.0 Å². The van der Waals surface area contributed by atoms with Crippen molar-refractivity contribution in [1.29, 1.82) is 0 Å². The smallest absolute Gasteiger partial charge is 0.289 e. The normalized spacial score (nSPS) is 16.6. The Bertz CT molecular complexity index is 667. The maximum absolute atomic E-state index is 12.2. The van der Waals surface area contributed by atoms with E-state index < -0.39 is 6.10 Å². The summed E-state index contributed by atoms with van der Waals surface area (Å²) in [6, 6.07) is 10.9. The number of aliphatic hydroxyl groups excluding tert-OH is 1. The van der Waals surface area contributed by atoms with Gasteiger partial charge in [-0.15, -0.1) is 0 Å². The van der Waals surface area contributed by atoms with Gasteiger partial charge in [0.05, 0.1) is 32.4 Å². The van der Waals surface area contributed by atoms with E-state index >= 15 is 0 Å². The summed E-state index contributed by atoms with van der Waals surface area (Å²) in [5.74, 6) is 1.06. The predicted molar refractivity (Wildman–Crippen MR) is 95.8 cm³/mol. The third-order valence-electron chi connectivity index (χ3n) is 4.27. The van der Waals surface area contributed by atoms with Crippen LogP contribution in [0.15, 0.2) is 51.6 Å². The van der Waals surface area contributed by atoms with Gasteiger partial charge in [-0.2, -0.15) is 0 Å². The van der Waals surface area contributed by atoms with Crippen molar-refractivity contribution >= 4 is 21.8 Å². The van der Waals surface area contributed by atoms with Crippen LogP contribution in [0.3, 0.4) is 0 Å². The number of ether oxygens (including phenoxy) is 1. The summed E-state index contributed by atoms with van der Waals surface area (Å²) in [5, 5.41) is 10.2. The van der Waals surface area contributed by atoms with Crippen molar-refractivity contribution in [3.05, 3.63) is 52.9 Å². The monoisotopic (exact) mass is 409 g/mol. The van der Waals surface area contributed by atoms with E-state index in [2.05, 4.69) is 15.9 Å². The van der Waals surface area contributed by atoms with Gasteiger partial charge in [0, 0.05) is 4.47 Å². The number of quaternary nitrogens is 1. The maximum Gasteiger partial charge on any atom is 0.289 e. The van der Waals surface area contributed by atoms with Crippen molar-refractivity contribution in [2.45, 2.75) is 6.10 Å². The fraction of sp³-hybridized carbons (Fsp3) is 0.389. The van der Waals surface area contributed by atoms with E-state index in [0.29, 0.717) is 25.4 Å². The number of nitrogens with one attached hydrogen (secondary N) is 1. The van der Waals surface area contributed by atoms with Crippen LogP contribution in [0.2, 0.25) is 0 Å². The molecule has 1 amide bonds. The highest BCUT2D eigenvalue weighted by Gasteiger charge is 2.27. The zero-order chi connectivity index (χ0) is 17.6. The molecule has 1 atom stereocenters. The molecule has 2 aromatic rings. The Morgan fingerprint density at radius 1 is 1.28 bits per heavy atom. The van der Waals surface area contributed by atoms with Crippen LogP contribution in [-0.4, -0.2) is 61.3 Å². The summed E-state index contributed by atoms with van der Waals surface area (Å²) >= 11 is 3.38. The topological polar surface area (TPSA) is 67.4 Å². The van der Waals surface area contributed by atoms with Gasteiger partial charge in [-0.1, -0.05) is 15.9 Å². The van der Waals surface area contributed by atoms with E-state index in [0.717, 1.165) is 23.3 Å². The van der Waals surface area contributed by atoms with Crippen LogP contribution >= 0.6 is 15.9 Å². The second-order valence-electron chi connectivity index (χ2n) is 6.14. The number of piperazine rings is 1. The zero-order valence-electron chi connectivity index (χ0n) is 13.9. The fourth-order valence-electron chi connectivity index (χ4n) is 2.90. The fourth-order valence-corrected chi connectivity index (χ4v) is 3.17. The first-order chi connectivity index (χ1) is 12.1. The van der Waals surface area contributed by atoms with Crippen LogP contribution in [0.5, 0.6) is 5.75 Å². The number of carbonyl (C=O) groups is 1. The van der Waals surface area contributed by atoms with Gasteiger partial charge in [0.25, 0.3) is 5.91 Å². The molecule has 1 aromatic carbocycles. The zero-order valence-corrected chi connectivity index (χ0v) is 15.4. The van der Waals surface area contributed by atoms with Crippen LogP contribution in [0, 0.1) is 0 Å². The number of hydrogen-bond acceptors (Lipinski definition) is 4. The first-order valence-electron chi connectivity index (χ1n) is 8.34. The van der Waals surface area contributed by atoms with Gasteiger partial charge in [-0.25, -0.2) is 0 Å². The first-order valence-corrected chi connectivity index (χ1v) is 9.14. The van der Waals surface area contributed by atoms with Crippen molar-refractivity contribution in [3.63, 3.8) is 0 Å². The van der Waals surface area contributed by atoms with Crippen molar-refractivity contribution < 1.29 is 24.0 Å². The second kappa shape index (κ2) is 8.51. The van der Waals surface area contributed by atoms with E-state index in [9.17, 15) is 9.90 Å². The number of benzene rings is 1. The molecule has 2 heterocycles. The molecule has 1 fully saturated rings. The molecular weight excluding hydrogens is 388 g/mol. The van der Waals surface area contributed by atoms with Gasteiger partial charge in [0.1, 0.15) is 25.0 Å². The van der Waals surface area contributed by atoms with Crippen LogP contribution in [0.1, 0.15) is 10.6 Å². The van der Waals surface area contributed by atoms with Gasteiger partial charge >= 0.3 is 0 Å². The Kier molecular flexibility index (Phi) is 6.12. The number of furan rings is 1. The van der Waals surface area contributed by atoms with Crippen LogP contribution in [0.25, 0.3) is 0 Å². The predicted octanol–water partition coefficient (Wildman–Crippen LogP) is 0.823. The highest BCUT2D eigenvalue weighted by Crippen LogP contribution is 2.16. The van der Waals surface area contributed by atoms with Gasteiger partial charge in [-0.05, 0) is 36.4 Å². The second-order valence-corrected chi connectivity index (χ2v) is 7.06. The highest BCUT2D eigenvalue weighted by molar-refractivity contribution is 9.10.